The minimum absolute atomic E-state index is 0.305. The predicted octanol–water partition coefficient (Wildman–Crippen LogP) is 3.21. The molecule has 3 aliphatic rings. The van der Waals surface area contributed by atoms with Crippen molar-refractivity contribution in [1.82, 2.24) is 19.7 Å². The van der Waals surface area contributed by atoms with Crippen LogP contribution in [0.5, 0.6) is 0 Å². The summed E-state index contributed by atoms with van der Waals surface area (Å²) in [7, 11) is 0. The van der Waals surface area contributed by atoms with Gasteiger partial charge in [-0.2, -0.15) is 5.10 Å². The molecule has 5 nitrogen and oxygen atoms in total. The Hall–Kier alpha value is -1.72. The first-order valence-electron chi connectivity index (χ1n) is 10.1. The Morgan fingerprint density at radius 1 is 1.08 bits per heavy atom. The van der Waals surface area contributed by atoms with Gasteiger partial charge in [0, 0.05) is 38.6 Å². The van der Waals surface area contributed by atoms with Gasteiger partial charge in [0.2, 0.25) is 0 Å². The van der Waals surface area contributed by atoms with Crippen LogP contribution in [-0.2, 0) is 24.2 Å². The second-order valence-electron chi connectivity index (χ2n) is 8.26. The normalized spacial score (nSPS) is 23.2. The molecule has 138 valence electrons. The van der Waals surface area contributed by atoms with Crippen LogP contribution in [0.1, 0.15) is 48.5 Å². The maximum Gasteiger partial charge on any atom is 0.0760 e. The van der Waals surface area contributed by atoms with Crippen LogP contribution in [0.25, 0.3) is 0 Å². The average Bonchev–Trinajstić information content (AvgIpc) is 3.58. The highest BCUT2D eigenvalue weighted by atomic mass is 16.5. The van der Waals surface area contributed by atoms with Crippen molar-refractivity contribution >= 4 is 0 Å². The van der Waals surface area contributed by atoms with Gasteiger partial charge in [-0.25, -0.2) is 0 Å². The molecule has 1 atom stereocenters. The Kier molecular flexibility index (Phi) is 4.51. The summed E-state index contributed by atoms with van der Waals surface area (Å²) in [6.07, 6.45) is 12.4. The van der Waals surface area contributed by atoms with Gasteiger partial charge in [-0.1, -0.05) is 6.07 Å². The monoisotopic (exact) mass is 352 g/mol. The van der Waals surface area contributed by atoms with Crippen molar-refractivity contribution in [2.24, 2.45) is 11.8 Å². The van der Waals surface area contributed by atoms with E-state index in [9.17, 15) is 0 Å². The lowest BCUT2D eigenvalue weighted by molar-refractivity contribution is 0.0406. The van der Waals surface area contributed by atoms with Gasteiger partial charge in [0.15, 0.2) is 0 Å². The minimum Gasteiger partial charge on any atom is -0.379 e. The molecular formula is C21H28N4O. The van der Waals surface area contributed by atoms with Crippen LogP contribution in [-0.4, -0.2) is 39.4 Å². The summed E-state index contributed by atoms with van der Waals surface area (Å²) >= 11 is 0. The van der Waals surface area contributed by atoms with Crippen molar-refractivity contribution in [2.45, 2.75) is 51.2 Å². The molecule has 0 bridgehead atoms. The number of pyridine rings is 1. The Morgan fingerprint density at radius 2 is 1.96 bits per heavy atom. The van der Waals surface area contributed by atoms with E-state index in [4.69, 9.17) is 9.84 Å². The summed E-state index contributed by atoms with van der Waals surface area (Å²) in [5.41, 5.74) is 4.10. The summed E-state index contributed by atoms with van der Waals surface area (Å²) in [5.74, 6) is 1.64. The summed E-state index contributed by atoms with van der Waals surface area (Å²) in [6, 6.07) is 4.51. The lowest BCUT2D eigenvalue weighted by atomic mass is 9.99. The SMILES string of the molecule is c1cncc(CN2CCc3cnn(CC4CC4)c3[C@H]2COCC2CC2)c1. The topological polar surface area (TPSA) is 43.2 Å². The summed E-state index contributed by atoms with van der Waals surface area (Å²) in [5, 5.41) is 4.75. The zero-order chi connectivity index (χ0) is 17.3. The molecular weight excluding hydrogens is 324 g/mol. The molecule has 3 heterocycles. The van der Waals surface area contributed by atoms with E-state index in [1.165, 1.54) is 42.5 Å². The third-order valence-electron chi connectivity index (χ3n) is 5.95. The van der Waals surface area contributed by atoms with Gasteiger partial charge in [-0.15, -0.1) is 0 Å². The van der Waals surface area contributed by atoms with Crippen molar-refractivity contribution in [3.8, 4) is 0 Å². The van der Waals surface area contributed by atoms with Crippen molar-refractivity contribution in [2.75, 3.05) is 19.8 Å². The molecule has 0 spiro atoms. The van der Waals surface area contributed by atoms with Gasteiger partial charge in [0.25, 0.3) is 0 Å². The lowest BCUT2D eigenvalue weighted by Gasteiger charge is -2.36. The number of nitrogens with zero attached hydrogens (tertiary/aromatic N) is 4. The molecule has 2 aliphatic carbocycles. The Bertz CT molecular complexity index is 736. The van der Waals surface area contributed by atoms with Gasteiger partial charge >= 0.3 is 0 Å². The summed E-state index contributed by atoms with van der Waals surface area (Å²) < 4.78 is 8.45. The summed E-state index contributed by atoms with van der Waals surface area (Å²) in [4.78, 5) is 6.86. The van der Waals surface area contributed by atoms with E-state index in [0.717, 1.165) is 51.1 Å². The predicted molar refractivity (Wildman–Crippen MR) is 99.6 cm³/mol. The van der Waals surface area contributed by atoms with Gasteiger partial charge in [-0.3, -0.25) is 14.6 Å². The largest absolute Gasteiger partial charge is 0.379 e. The highest BCUT2D eigenvalue weighted by Crippen LogP contribution is 2.36. The van der Waals surface area contributed by atoms with Crippen LogP contribution in [0, 0.1) is 11.8 Å². The molecule has 5 rings (SSSR count). The molecule has 2 aromatic heterocycles. The first-order valence-corrected chi connectivity index (χ1v) is 10.1. The van der Waals surface area contributed by atoms with Crippen molar-refractivity contribution in [3.05, 3.63) is 47.5 Å². The van der Waals surface area contributed by atoms with Gasteiger partial charge in [0.1, 0.15) is 0 Å². The molecule has 1 aliphatic heterocycles. The fraction of sp³-hybridized carbons (Fsp3) is 0.619. The van der Waals surface area contributed by atoms with Gasteiger partial charge in [-0.05, 0) is 61.1 Å². The number of fused-ring (bicyclic) bond motifs is 1. The second-order valence-corrected chi connectivity index (χ2v) is 8.26. The zero-order valence-electron chi connectivity index (χ0n) is 15.4. The first kappa shape index (κ1) is 16.5. The van der Waals surface area contributed by atoms with E-state index in [-0.39, 0.29) is 0 Å². The number of ether oxygens (including phenoxy) is 1. The Balaban J connectivity index is 1.37. The smallest absolute Gasteiger partial charge is 0.0760 e. The minimum atomic E-state index is 0.305. The summed E-state index contributed by atoms with van der Waals surface area (Å²) in [6.45, 7) is 4.77. The number of hydrogen-bond acceptors (Lipinski definition) is 4. The van der Waals surface area contributed by atoms with E-state index in [1.807, 2.05) is 18.5 Å². The van der Waals surface area contributed by atoms with E-state index < -0.39 is 0 Å². The zero-order valence-corrected chi connectivity index (χ0v) is 15.4. The third kappa shape index (κ3) is 3.69. The molecule has 0 radical (unpaired) electrons. The van der Waals surface area contributed by atoms with Crippen LogP contribution < -0.4 is 0 Å². The number of aromatic nitrogens is 3. The van der Waals surface area contributed by atoms with Gasteiger partial charge < -0.3 is 4.74 Å². The van der Waals surface area contributed by atoms with Crippen LogP contribution in [0.2, 0.25) is 0 Å². The first-order chi connectivity index (χ1) is 12.9. The fourth-order valence-electron chi connectivity index (χ4n) is 4.03. The highest BCUT2D eigenvalue weighted by molar-refractivity contribution is 5.26. The molecule has 0 amide bonds. The van der Waals surface area contributed by atoms with E-state index in [2.05, 4.69) is 26.8 Å². The number of rotatable bonds is 8. The fourth-order valence-corrected chi connectivity index (χ4v) is 4.03. The van der Waals surface area contributed by atoms with E-state index in [1.54, 1.807) is 0 Å². The maximum absolute atomic E-state index is 6.17. The lowest BCUT2D eigenvalue weighted by Crippen LogP contribution is -2.38. The van der Waals surface area contributed by atoms with Crippen LogP contribution in [0.15, 0.2) is 30.7 Å². The molecule has 2 fully saturated rings. The third-order valence-corrected chi connectivity index (χ3v) is 5.95. The van der Waals surface area contributed by atoms with Crippen LogP contribution in [0.3, 0.4) is 0 Å². The van der Waals surface area contributed by atoms with E-state index in [0.29, 0.717) is 6.04 Å². The molecule has 0 aromatic carbocycles. The van der Waals surface area contributed by atoms with Crippen molar-refractivity contribution in [3.63, 3.8) is 0 Å². The molecule has 26 heavy (non-hydrogen) atoms. The quantitative estimate of drug-likeness (QED) is 0.732. The average molecular weight is 352 g/mol. The standard InChI is InChI=1S/C21H28N4O/c1-2-18(10-22-8-1)12-24-9-7-19-11-23-25(13-16-3-4-16)21(19)20(24)15-26-14-17-5-6-17/h1-2,8,10-11,16-17,20H,3-7,9,12-15H2/t20-/m1/s1. The molecule has 2 saturated carbocycles. The van der Waals surface area contributed by atoms with Crippen LogP contribution in [0.4, 0.5) is 0 Å². The number of hydrogen-bond donors (Lipinski definition) is 0. The molecule has 0 saturated heterocycles. The Morgan fingerprint density at radius 3 is 2.73 bits per heavy atom. The van der Waals surface area contributed by atoms with Crippen LogP contribution >= 0.6 is 0 Å². The highest BCUT2D eigenvalue weighted by Gasteiger charge is 2.34. The maximum atomic E-state index is 6.17. The van der Waals surface area contributed by atoms with Crippen molar-refractivity contribution < 1.29 is 4.74 Å². The van der Waals surface area contributed by atoms with E-state index >= 15 is 0 Å². The Labute approximate surface area is 155 Å². The second kappa shape index (κ2) is 7.12. The van der Waals surface area contributed by atoms with Gasteiger partial charge in [0.05, 0.1) is 24.5 Å². The molecule has 5 heteroatoms. The molecule has 0 N–H and O–H groups in total. The molecule has 0 unspecified atom stereocenters. The molecule has 2 aromatic rings. The van der Waals surface area contributed by atoms with Crippen molar-refractivity contribution in [1.29, 1.82) is 0 Å².